The number of rotatable bonds is 10. The van der Waals surface area contributed by atoms with Crippen molar-refractivity contribution in [3.8, 4) is 0 Å². The zero-order chi connectivity index (χ0) is 15.0. The number of carbonyl (C=O) groups is 2. The molecule has 5 heteroatoms. The van der Waals surface area contributed by atoms with Gasteiger partial charge in [0.05, 0.1) is 7.11 Å². The fraction of sp³-hybridized carbons (Fsp3) is 0.867. The largest absolute Gasteiger partial charge is 0.468 e. The lowest BCUT2D eigenvalue weighted by atomic mass is 10.0. The number of amides is 1. The van der Waals surface area contributed by atoms with Gasteiger partial charge in [-0.2, -0.15) is 0 Å². The number of nitrogens with one attached hydrogen (secondary N) is 1. The highest BCUT2D eigenvalue weighted by Crippen LogP contribution is 2.18. The minimum absolute atomic E-state index is 0.0375. The van der Waals surface area contributed by atoms with Crippen LogP contribution in [0, 0.1) is 5.92 Å². The monoisotopic (exact) mass is 284 g/mol. The minimum atomic E-state index is -0.348. The maximum Gasteiger partial charge on any atom is 0.325 e. The standard InChI is InChI=1S/C15H28N2O3/c1-4-12(5-2)10-17(11-15(19)20-3)14(18)8-9-16-13-6-7-13/h12-13,16H,4-11H2,1-3H3. The van der Waals surface area contributed by atoms with Gasteiger partial charge in [0, 0.05) is 25.6 Å². The third-order valence-electron chi connectivity index (χ3n) is 3.88. The van der Waals surface area contributed by atoms with E-state index in [1.807, 2.05) is 0 Å². The molecule has 116 valence electrons. The second-order valence-electron chi connectivity index (χ2n) is 5.51. The van der Waals surface area contributed by atoms with Crippen LogP contribution >= 0.6 is 0 Å². The first-order valence-corrected chi connectivity index (χ1v) is 7.68. The average Bonchev–Trinajstić information content (AvgIpc) is 3.27. The summed E-state index contributed by atoms with van der Waals surface area (Å²) in [5.74, 6) is 0.134. The van der Waals surface area contributed by atoms with Gasteiger partial charge in [0.25, 0.3) is 0 Å². The fourth-order valence-electron chi connectivity index (χ4n) is 2.16. The van der Waals surface area contributed by atoms with Crippen molar-refractivity contribution >= 4 is 11.9 Å². The van der Waals surface area contributed by atoms with Gasteiger partial charge in [-0.1, -0.05) is 26.7 Å². The number of hydrogen-bond acceptors (Lipinski definition) is 4. The van der Waals surface area contributed by atoms with E-state index in [2.05, 4.69) is 23.9 Å². The molecule has 0 aliphatic heterocycles. The predicted octanol–water partition coefficient (Wildman–Crippen LogP) is 1.57. The normalized spacial score (nSPS) is 14.4. The van der Waals surface area contributed by atoms with E-state index in [1.54, 1.807) is 4.90 Å². The van der Waals surface area contributed by atoms with E-state index in [9.17, 15) is 9.59 Å². The van der Waals surface area contributed by atoms with Crippen molar-refractivity contribution in [3.05, 3.63) is 0 Å². The molecule has 0 heterocycles. The lowest BCUT2D eigenvalue weighted by molar-refractivity contribution is -0.147. The maximum absolute atomic E-state index is 12.2. The summed E-state index contributed by atoms with van der Waals surface area (Å²) in [5, 5.41) is 3.33. The Bertz CT molecular complexity index is 312. The van der Waals surface area contributed by atoms with Crippen molar-refractivity contribution in [2.45, 2.75) is 52.0 Å². The zero-order valence-electron chi connectivity index (χ0n) is 13.0. The van der Waals surface area contributed by atoms with Gasteiger partial charge in [-0.3, -0.25) is 9.59 Å². The summed E-state index contributed by atoms with van der Waals surface area (Å²) in [6.45, 7) is 5.64. The molecule has 1 saturated carbocycles. The summed E-state index contributed by atoms with van der Waals surface area (Å²) >= 11 is 0. The van der Waals surface area contributed by atoms with Crippen LogP contribution in [-0.4, -0.2) is 49.6 Å². The van der Waals surface area contributed by atoms with Gasteiger partial charge in [-0.25, -0.2) is 0 Å². The number of ether oxygens (including phenoxy) is 1. The van der Waals surface area contributed by atoms with Crippen LogP contribution in [0.1, 0.15) is 46.0 Å². The van der Waals surface area contributed by atoms with Gasteiger partial charge in [0.15, 0.2) is 0 Å². The molecule has 0 unspecified atom stereocenters. The highest BCUT2D eigenvalue weighted by molar-refractivity contribution is 5.82. The molecular weight excluding hydrogens is 256 g/mol. The summed E-state index contributed by atoms with van der Waals surface area (Å²) in [6.07, 6.45) is 4.92. The first-order valence-electron chi connectivity index (χ1n) is 7.68. The number of nitrogens with zero attached hydrogens (tertiary/aromatic N) is 1. The van der Waals surface area contributed by atoms with E-state index in [0.717, 1.165) is 12.8 Å². The molecule has 1 fully saturated rings. The first-order chi connectivity index (χ1) is 9.60. The van der Waals surface area contributed by atoms with Crippen LogP contribution in [0.25, 0.3) is 0 Å². The second kappa shape index (κ2) is 8.95. The van der Waals surface area contributed by atoms with Crippen molar-refractivity contribution in [2.75, 3.05) is 26.7 Å². The molecule has 0 saturated heterocycles. The van der Waals surface area contributed by atoms with E-state index in [-0.39, 0.29) is 18.4 Å². The third kappa shape index (κ3) is 6.37. The molecule has 1 amide bonds. The Labute approximate surface area is 122 Å². The molecule has 0 aromatic rings. The molecule has 0 bridgehead atoms. The summed E-state index contributed by atoms with van der Waals surface area (Å²) in [5.41, 5.74) is 0. The fourth-order valence-corrected chi connectivity index (χ4v) is 2.16. The number of carbonyl (C=O) groups excluding carboxylic acids is 2. The van der Waals surface area contributed by atoms with Gasteiger partial charge in [-0.15, -0.1) is 0 Å². The molecule has 0 aromatic heterocycles. The molecule has 0 aromatic carbocycles. The van der Waals surface area contributed by atoms with Gasteiger partial charge < -0.3 is 15.0 Å². The van der Waals surface area contributed by atoms with Gasteiger partial charge in [0.2, 0.25) is 5.91 Å². The smallest absolute Gasteiger partial charge is 0.325 e. The van der Waals surface area contributed by atoms with Crippen molar-refractivity contribution in [1.29, 1.82) is 0 Å². The lowest BCUT2D eigenvalue weighted by Gasteiger charge is -2.26. The summed E-state index contributed by atoms with van der Waals surface area (Å²) in [4.78, 5) is 25.3. The molecule has 1 aliphatic carbocycles. The van der Waals surface area contributed by atoms with Crippen LogP contribution in [0.3, 0.4) is 0 Å². The Morgan fingerprint density at radius 3 is 2.45 bits per heavy atom. The van der Waals surface area contributed by atoms with E-state index < -0.39 is 0 Å². The quantitative estimate of drug-likeness (QED) is 0.619. The van der Waals surface area contributed by atoms with Crippen LogP contribution in [-0.2, 0) is 14.3 Å². The molecular formula is C15H28N2O3. The van der Waals surface area contributed by atoms with Crippen molar-refractivity contribution in [1.82, 2.24) is 10.2 Å². The summed E-state index contributed by atoms with van der Waals surface area (Å²) < 4.78 is 4.68. The molecule has 0 atom stereocenters. The van der Waals surface area contributed by atoms with Crippen LogP contribution in [0.4, 0.5) is 0 Å². The number of methoxy groups -OCH3 is 1. The number of hydrogen-bond donors (Lipinski definition) is 1. The minimum Gasteiger partial charge on any atom is -0.468 e. The van der Waals surface area contributed by atoms with E-state index in [0.29, 0.717) is 31.5 Å². The van der Waals surface area contributed by atoms with Gasteiger partial charge >= 0.3 is 5.97 Å². The zero-order valence-corrected chi connectivity index (χ0v) is 13.0. The van der Waals surface area contributed by atoms with Gasteiger partial charge in [0.1, 0.15) is 6.54 Å². The molecule has 0 radical (unpaired) electrons. The Hall–Kier alpha value is -1.10. The maximum atomic E-state index is 12.2. The summed E-state index contributed by atoms with van der Waals surface area (Å²) in [6, 6.07) is 0.607. The highest BCUT2D eigenvalue weighted by Gasteiger charge is 2.23. The average molecular weight is 284 g/mol. The van der Waals surface area contributed by atoms with Crippen LogP contribution in [0.5, 0.6) is 0 Å². The van der Waals surface area contributed by atoms with Gasteiger partial charge in [-0.05, 0) is 18.8 Å². The first kappa shape index (κ1) is 17.0. The van der Waals surface area contributed by atoms with Crippen molar-refractivity contribution in [2.24, 2.45) is 5.92 Å². The number of esters is 1. The second-order valence-corrected chi connectivity index (χ2v) is 5.51. The summed E-state index contributed by atoms with van der Waals surface area (Å²) in [7, 11) is 1.36. The van der Waals surface area contributed by atoms with Crippen LogP contribution in [0.15, 0.2) is 0 Å². The van der Waals surface area contributed by atoms with E-state index >= 15 is 0 Å². The van der Waals surface area contributed by atoms with E-state index in [4.69, 9.17) is 0 Å². The SMILES string of the molecule is CCC(CC)CN(CC(=O)OC)C(=O)CCNC1CC1. The predicted molar refractivity (Wildman–Crippen MR) is 78.3 cm³/mol. The highest BCUT2D eigenvalue weighted by atomic mass is 16.5. The van der Waals surface area contributed by atoms with Crippen molar-refractivity contribution < 1.29 is 14.3 Å². The lowest BCUT2D eigenvalue weighted by Crippen LogP contribution is -2.40. The van der Waals surface area contributed by atoms with Crippen molar-refractivity contribution in [3.63, 3.8) is 0 Å². The van der Waals surface area contributed by atoms with Crippen LogP contribution in [0.2, 0.25) is 0 Å². The third-order valence-corrected chi connectivity index (χ3v) is 3.88. The molecule has 1 aliphatic rings. The van der Waals surface area contributed by atoms with Crippen LogP contribution < -0.4 is 5.32 Å². The molecule has 5 nitrogen and oxygen atoms in total. The topological polar surface area (TPSA) is 58.6 Å². The molecule has 0 spiro atoms. The Kier molecular flexibility index (Phi) is 7.59. The van der Waals surface area contributed by atoms with E-state index in [1.165, 1.54) is 20.0 Å². The Balaban J connectivity index is 2.44. The molecule has 1 N–H and O–H groups in total. The molecule has 1 rings (SSSR count). The molecule has 20 heavy (non-hydrogen) atoms. The Morgan fingerprint density at radius 2 is 1.95 bits per heavy atom. The Morgan fingerprint density at radius 1 is 1.30 bits per heavy atom.